The normalized spacial score (nSPS) is 17.2. The summed E-state index contributed by atoms with van der Waals surface area (Å²) in [4.78, 5) is 17.1. The number of likely N-dealkylation sites (N-methyl/N-ethyl adjacent to an activating group) is 1. The smallest absolute Gasteiger partial charge is 0.128 e. The van der Waals surface area contributed by atoms with Crippen LogP contribution in [-0.2, 0) is 13.0 Å². The molecule has 0 bridgehead atoms. The molecule has 2 aliphatic rings. The van der Waals surface area contributed by atoms with Gasteiger partial charge in [0, 0.05) is 78.9 Å². The summed E-state index contributed by atoms with van der Waals surface area (Å²) in [5.74, 6) is 1.75. The van der Waals surface area contributed by atoms with Gasteiger partial charge in [-0.2, -0.15) is 0 Å². The van der Waals surface area contributed by atoms with Crippen LogP contribution in [0.1, 0.15) is 36.6 Å². The van der Waals surface area contributed by atoms with Gasteiger partial charge in [-0.25, -0.2) is 4.98 Å². The standard InChI is InChI=1S/C32H40Cl2N6/c1-23(2)35-20-24-6-8-39(9-7-24)22-26-15-30(37-31(16-26)27-17-28(33)19-29(34)18-27)14-25-4-5-32(36-21-25)40-12-10-38(3)11-13-40/h4-5,15-19,21,24,35H,1,6-14,20,22H2,2-3H3. The monoisotopic (exact) mass is 578 g/mol. The SMILES string of the molecule is C=C(C)NCC1CCN(Cc2cc(Cc3ccc(N4CCN(C)CC4)nc3)nc(-c3cc(Cl)cc(Cl)c3)c2)CC1. The van der Waals surface area contributed by atoms with E-state index in [1.807, 2.05) is 25.3 Å². The summed E-state index contributed by atoms with van der Waals surface area (Å²) in [7, 11) is 2.17. The molecule has 212 valence electrons. The van der Waals surface area contributed by atoms with Crippen molar-refractivity contribution in [1.29, 1.82) is 0 Å². The maximum absolute atomic E-state index is 6.36. The van der Waals surface area contributed by atoms with Crippen molar-refractivity contribution in [2.75, 3.05) is 57.8 Å². The highest BCUT2D eigenvalue weighted by atomic mass is 35.5. The highest BCUT2D eigenvalue weighted by Gasteiger charge is 2.20. The Morgan fingerprint density at radius 3 is 2.33 bits per heavy atom. The van der Waals surface area contributed by atoms with Gasteiger partial charge in [0.05, 0.1) is 5.69 Å². The highest BCUT2D eigenvalue weighted by molar-refractivity contribution is 6.35. The van der Waals surface area contributed by atoms with Crippen molar-refractivity contribution < 1.29 is 0 Å². The lowest BCUT2D eigenvalue weighted by molar-refractivity contribution is 0.177. The molecule has 0 spiro atoms. The second-order valence-corrected chi connectivity index (χ2v) is 12.3. The van der Waals surface area contributed by atoms with E-state index >= 15 is 0 Å². The first-order valence-corrected chi connectivity index (χ1v) is 15.0. The van der Waals surface area contributed by atoms with Gasteiger partial charge in [-0.3, -0.25) is 9.88 Å². The van der Waals surface area contributed by atoms with E-state index in [1.54, 1.807) is 6.07 Å². The number of allylic oxidation sites excluding steroid dienone is 1. The lowest BCUT2D eigenvalue weighted by atomic mass is 9.96. The molecule has 8 heteroatoms. The van der Waals surface area contributed by atoms with Gasteiger partial charge < -0.3 is 15.1 Å². The van der Waals surface area contributed by atoms with E-state index in [-0.39, 0.29) is 0 Å². The average molecular weight is 580 g/mol. The summed E-state index contributed by atoms with van der Waals surface area (Å²) >= 11 is 12.7. The van der Waals surface area contributed by atoms with E-state index < -0.39 is 0 Å². The average Bonchev–Trinajstić information content (AvgIpc) is 2.93. The molecule has 2 aliphatic heterocycles. The van der Waals surface area contributed by atoms with Crippen LogP contribution in [0, 0.1) is 5.92 Å². The fraction of sp³-hybridized carbons (Fsp3) is 0.438. The molecule has 1 aromatic carbocycles. The van der Waals surface area contributed by atoms with Crippen molar-refractivity contribution in [2.45, 2.75) is 32.7 Å². The van der Waals surface area contributed by atoms with Crippen LogP contribution >= 0.6 is 23.2 Å². The van der Waals surface area contributed by atoms with Crippen molar-refractivity contribution in [2.24, 2.45) is 5.92 Å². The lowest BCUT2D eigenvalue weighted by Crippen LogP contribution is -2.44. The molecule has 2 saturated heterocycles. The molecule has 0 atom stereocenters. The number of hydrogen-bond donors (Lipinski definition) is 1. The first-order chi connectivity index (χ1) is 19.3. The van der Waals surface area contributed by atoms with Gasteiger partial charge in [0.25, 0.3) is 0 Å². The fourth-order valence-corrected chi connectivity index (χ4v) is 6.09. The van der Waals surface area contributed by atoms with Crippen LogP contribution in [0.25, 0.3) is 11.3 Å². The first-order valence-electron chi connectivity index (χ1n) is 14.3. The van der Waals surface area contributed by atoms with Gasteiger partial charge in [0.2, 0.25) is 0 Å². The maximum atomic E-state index is 6.36. The Morgan fingerprint density at radius 2 is 1.68 bits per heavy atom. The lowest BCUT2D eigenvalue weighted by Gasteiger charge is -2.33. The van der Waals surface area contributed by atoms with Crippen LogP contribution < -0.4 is 10.2 Å². The zero-order chi connectivity index (χ0) is 28.1. The minimum Gasteiger partial charge on any atom is -0.389 e. The molecule has 1 N–H and O–H groups in total. The molecule has 0 unspecified atom stereocenters. The quantitative estimate of drug-likeness (QED) is 0.329. The summed E-state index contributed by atoms with van der Waals surface area (Å²) in [6, 6.07) is 14.4. The van der Waals surface area contributed by atoms with Crippen molar-refractivity contribution >= 4 is 29.0 Å². The third kappa shape index (κ3) is 7.97. The van der Waals surface area contributed by atoms with Crippen LogP contribution in [0.15, 0.2) is 60.9 Å². The van der Waals surface area contributed by atoms with E-state index in [0.29, 0.717) is 16.0 Å². The third-order valence-electron chi connectivity index (χ3n) is 7.92. The molecule has 0 radical (unpaired) electrons. The van der Waals surface area contributed by atoms with Crippen LogP contribution in [0.3, 0.4) is 0 Å². The van der Waals surface area contributed by atoms with Gasteiger partial charge in [-0.15, -0.1) is 0 Å². The molecule has 0 aliphatic carbocycles. The second-order valence-electron chi connectivity index (χ2n) is 11.4. The number of benzene rings is 1. The number of hydrogen-bond acceptors (Lipinski definition) is 6. The topological polar surface area (TPSA) is 47.5 Å². The number of nitrogens with one attached hydrogen (secondary N) is 1. The van der Waals surface area contributed by atoms with Crippen molar-refractivity contribution in [3.63, 3.8) is 0 Å². The molecular formula is C32H40Cl2N6. The molecule has 3 aromatic rings. The largest absolute Gasteiger partial charge is 0.389 e. The fourth-order valence-electron chi connectivity index (χ4n) is 5.56. The van der Waals surface area contributed by atoms with E-state index in [9.17, 15) is 0 Å². The predicted molar refractivity (Wildman–Crippen MR) is 167 cm³/mol. The van der Waals surface area contributed by atoms with Crippen LogP contribution in [0.4, 0.5) is 5.82 Å². The van der Waals surface area contributed by atoms with Crippen LogP contribution in [0.5, 0.6) is 0 Å². The Hall–Kier alpha value is -2.64. The first kappa shape index (κ1) is 28.9. The van der Waals surface area contributed by atoms with E-state index in [4.69, 9.17) is 33.2 Å². The number of likely N-dealkylation sites (tertiary alicyclic amines) is 1. The number of piperidine rings is 1. The molecule has 2 aromatic heterocycles. The molecule has 4 heterocycles. The molecule has 0 amide bonds. The van der Waals surface area contributed by atoms with Gasteiger partial charge >= 0.3 is 0 Å². The van der Waals surface area contributed by atoms with Crippen LogP contribution in [0.2, 0.25) is 10.0 Å². The summed E-state index contributed by atoms with van der Waals surface area (Å²) in [6.07, 6.45) is 5.11. The number of piperazine rings is 1. The summed E-state index contributed by atoms with van der Waals surface area (Å²) in [6.45, 7) is 14.3. The zero-order valence-electron chi connectivity index (χ0n) is 23.7. The number of rotatable bonds is 9. The molecule has 40 heavy (non-hydrogen) atoms. The highest BCUT2D eigenvalue weighted by Crippen LogP contribution is 2.28. The second kappa shape index (κ2) is 13.3. The molecule has 5 rings (SSSR count). The summed E-state index contributed by atoms with van der Waals surface area (Å²) < 4.78 is 0. The Kier molecular flexibility index (Phi) is 9.63. The molecule has 2 fully saturated rings. The minimum absolute atomic E-state index is 0.616. The molecule has 0 saturated carbocycles. The Bertz CT molecular complexity index is 1280. The summed E-state index contributed by atoms with van der Waals surface area (Å²) in [5.41, 5.74) is 6.33. The number of nitrogens with zero attached hydrogens (tertiary/aromatic N) is 5. The minimum atomic E-state index is 0.616. The maximum Gasteiger partial charge on any atom is 0.128 e. The van der Waals surface area contributed by atoms with Crippen LogP contribution in [-0.4, -0.2) is 72.6 Å². The van der Waals surface area contributed by atoms with E-state index in [0.717, 1.165) is 92.8 Å². The number of pyridine rings is 2. The third-order valence-corrected chi connectivity index (χ3v) is 8.36. The van der Waals surface area contributed by atoms with Gasteiger partial charge in [0.1, 0.15) is 5.82 Å². The van der Waals surface area contributed by atoms with Gasteiger partial charge in [0.15, 0.2) is 0 Å². The number of aromatic nitrogens is 2. The number of anilines is 1. The van der Waals surface area contributed by atoms with Gasteiger partial charge in [-0.1, -0.05) is 35.8 Å². The van der Waals surface area contributed by atoms with E-state index in [2.05, 4.69) is 57.9 Å². The van der Waals surface area contributed by atoms with Crippen molar-refractivity contribution in [3.05, 3.63) is 87.8 Å². The zero-order valence-corrected chi connectivity index (χ0v) is 25.2. The Balaban J connectivity index is 1.32. The van der Waals surface area contributed by atoms with Gasteiger partial charge in [-0.05, 0) is 93.3 Å². The van der Waals surface area contributed by atoms with E-state index in [1.165, 1.54) is 18.4 Å². The number of halogens is 2. The van der Waals surface area contributed by atoms with Crippen molar-refractivity contribution in [3.8, 4) is 11.3 Å². The summed E-state index contributed by atoms with van der Waals surface area (Å²) in [5, 5.41) is 4.65. The Labute approximate surface area is 249 Å². The predicted octanol–water partition coefficient (Wildman–Crippen LogP) is 6.13. The molecular weight excluding hydrogens is 539 g/mol. The Morgan fingerprint density at radius 1 is 0.950 bits per heavy atom. The molecule has 6 nitrogen and oxygen atoms in total. The van der Waals surface area contributed by atoms with Crippen molar-refractivity contribution in [1.82, 2.24) is 25.1 Å².